The van der Waals surface area contributed by atoms with Crippen LogP contribution in [0.4, 0.5) is 0 Å². The molecule has 2 fully saturated rings. The van der Waals surface area contributed by atoms with E-state index in [9.17, 15) is 0 Å². The van der Waals surface area contributed by atoms with Crippen molar-refractivity contribution < 1.29 is 4.74 Å². The summed E-state index contributed by atoms with van der Waals surface area (Å²) in [5.74, 6) is 3.24. The highest BCUT2D eigenvalue weighted by atomic mass is 35.5. The lowest BCUT2D eigenvalue weighted by molar-refractivity contribution is -0.0561. The lowest BCUT2D eigenvalue weighted by Crippen LogP contribution is -2.53. The van der Waals surface area contributed by atoms with Gasteiger partial charge >= 0.3 is 0 Å². The summed E-state index contributed by atoms with van der Waals surface area (Å²) in [4.78, 5) is 2.59. The minimum absolute atomic E-state index is 0.0763. The Morgan fingerprint density at radius 1 is 1.60 bits per heavy atom. The molecule has 0 spiro atoms. The first-order valence-corrected chi connectivity index (χ1v) is 7.41. The highest BCUT2D eigenvalue weighted by Gasteiger charge is 2.37. The van der Waals surface area contributed by atoms with Crippen LogP contribution in [0.2, 0.25) is 0 Å². The van der Waals surface area contributed by atoms with Gasteiger partial charge < -0.3 is 4.74 Å². The van der Waals surface area contributed by atoms with Crippen molar-refractivity contribution in [3.63, 3.8) is 0 Å². The third kappa shape index (κ3) is 2.63. The summed E-state index contributed by atoms with van der Waals surface area (Å²) in [6.45, 7) is 2.26. The van der Waals surface area contributed by atoms with Gasteiger partial charge in [0.25, 0.3) is 0 Å². The molecule has 2 saturated heterocycles. The van der Waals surface area contributed by atoms with E-state index in [2.05, 4.69) is 16.7 Å². The van der Waals surface area contributed by atoms with Crippen LogP contribution in [0.25, 0.3) is 0 Å². The molecule has 2 rings (SSSR count). The van der Waals surface area contributed by atoms with Gasteiger partial charge in [-0.15, -0.1) is 11.6 Å². The molecular weight excluding hydrogens is 230 g/mol. The molecule has 2 atom stereocenters. The van der Waals surface area contributed by atoms with Crippen LogP contribution in [0.15, 0.2) is 0 Å². The molecule has 15 heavy (non-hydrogen) atoms. The Bertz CT molecular complexity index is 205. The van der Waals surface area contributed by atoms with Crippen molar-refractivity contribution in [2.24, 2.45) is 0 Å². The number of nitrogens with zero attached hydrogens (tertiary/aromatic N) is 1. The molecule has 2 aliphatic rings. The topological polar surface area (TPSA) is 12.5 Å². The molecule has 0 aromatic heterocycles. The summed E-state index contributed by atoms with van der Waals surface area (Å²) in [7, 11) is 1.80. The summed E-state index contributed by atoms with van der Waals surface area (Å²) in [6.07, 6.45) is 3.68. The number of rotatable bonds is 3. The van der Waals surface area contributed by atoms with Crippen LogP contribution in [-0.2, 0) is 4.74 Å². The van der Waals surface area contributed by atoms with Crippen molar-refractivity contribution in [3.05, 3.63) is 0 Å². The Morgan fingerprint density at radius 3 is 3.07 bits per heavy atom. The van der Waals surface area contributed by atoms with Crippen molar-refractivity contribution in [1.29, 1.82) is 0 Å². The maximum Gasteiger partial charge on any atom is 0.0940 e. The van der Waals surface area contributed by atoms with Crippen LogP contribution in [-0.4, -0.2) is 54.1 Å². The molecule has 0 bridgehead atoms. The van der Waals surface area contributed by atoms with E-state index >= 15 is 0 Å². The Kier molecular flexibility index (Phi) is 4.22. The Labute approximate surface area is 102 Å². The molecule has 0 saturated carbocycles. The normalized spacial score (nSPS) is 38.4. The molecule has 0 N–H and O–H groups in total. The summed E-state index contributed by atoms with van der Waals surface area (Å²) in [6, 6.07) is 0.771. The molecule has 88 valence electrons. The third-order valence-corrected chi connectivity index (χ3v) is 5.30. The van der Waals surface area contributed by atoms with Gasteiger partial charge in [-0.3, -0.25) is 4.90 Å². The van der Waals surface area contributed by atoms with Crippen LogP contribution < -0.4 is 0 Å². The Balaban J connectivity index is 1.96. The van der Waals surface area contributed by atoms with Gasteiger partial charge in [0.1, 0.15) is 0 Å². The zero-order valence-electron chi connectivity index (χ0n) is 9.38. The smallest absolute Gasteiger partial charge is 0.0940 e. The van der Waals surface area contributed by atoms with Crippen LogP contribution in [0.1, 0.15) is 19.3 Å². The van der Waals surface area contributed by atoms with Crippen LogP contribution in [0.3, 0.4) is 0 Å². The van der Waals surface area contributed by atoms with E-state index < -0.39 is 0 Å². The Hall–Kier alpha value is 0.560. The fraction of sp³-hybridized carbons (Fsp3) is 1.00. The minimum atomic E-state index is -0.0763. The quantitative estimate of drug-likeness (QED) is 0.712. The number of ether oxygens (including phenoxy) is 1. The molecule has 2 unspecified atom stereocenters. The molecule has 0 amide bonds. The second-order valence-corrected chi connectivity index (χ2v) is 6.03. The predicted octanol–water partition coefficient (Wildman–Crippen LogP) is 2.21. The lowest BCUT2D eigenvalue weighted by Gasteiger charge is -2.43. The summed E-state index contributed by atoms with van der Waals surface area (Å²) in [5, 5.41) is 0. The first kappa shape index (κ1) is 12.0. The number of alkyl halides is 1. The number of hydrogen-bond acceptors (Lipinski definition) is 3. The van der Waals surface area contributed by atoms with E-state index in [0.29, 0.717) is 5.88 Å². The van der Waals surface area contributed by atoms with E-state index in [4.69, 9.17) is 16.3 Å². The zero-order chi connectivity index (χ0) is 10.7. The van der Waals surface area contributed by atoms with Crippen LogP contribution in [0.5, 0.6) is 0 Å². The number of halogens is 1. The molecule has 0 aliphatic carbocycles. The number of thioether (sulfide) groups is 1. The fourth-order valence-corrected chi connectivity index (χ4v) is 4.17. The molecule has 0 aromatic carbocycles. The first-order valence-electron chi connectivity index (χ1n) is 5.72. The maximum absolute atomic E-state index is 6.05. The highest BCUT2D eigenvalue weighted by Crippen LogP contribution is 2.31. The van der Waals surface area contributed by atoms with E-state index in [1.807, 2.05) is 0 Å². The molecule has 2 nitrogen and oxygen atoms in total. The largest absolute Gasteiger partial charge is 0.376 e. The molecule has 2 aliphatic heterocycles. The van der Waals surface area contributed by atoms with Gasteiger partial charge in [-0.1, -0.05) is 0 Å². The monoisotopic (exact) mass is 249 g/mol. The number of likely N-dealkylation sites (tertiary alicyclic amines) is 1. The van der Waals surface area contributed by atoms with Crippen molar-refractivity contribution in [2.45, 2.75) is 30.9 Å². The molecule has 4 heteroatoms. The second kappa shape index (κ2) is 5.26. The van der Waals surface area contributed by atoms with Crippen LogP contribution in [0, 0.1) is 0 Å². The van der Waals surface area contributed by atoms with E-state index in [0.717, 1.165) is 19.0 Å². The third-order valence-electron chi connectivity index (χ3n) is 3.67. The van der Waals surface area contributed by atoms with Gasteiger partial charge in [0.2, 0.25) is 0 Å². The molecular formula is C11H20ClNOS. The van der Waals surface area contributed by atoms with Crippen molar-refractivity contribution in [1.82, 2.24) is 4.90 Å². The number of methoxy groups -OCH3 is 1. The lowest BCUT2D eigenvalue weighted by atomic mass is 9.93. The second-order valence-electron chi connectivity index (χ2n) is 4.61. The fourth-order valence-electron chi connectivity index (χ4n) is 2.58. The predicted molar refractivity (Wildman–Crippen MR) is 67.0 cm³/mol. The van der Waals surface area contributed by atoms with Gasteiger partial charge in [0.15, 0.2) is 0 Å². The van der Waals surface area contributed by atoms with Gasteiger partial charge in [-0.2, -0.15) is 11.8 Å². The van der Waals surface area contributed by atoms with Gasteiger partial charge in [0, 0.05) is 25.4 Å². The summed E-state index contributed by atoms with van der Waals surface area (Å²) < 4.78 is 5.64. The van der Waals surface area contributed by atoms with Gasteiger partial charge in [0.05, 0.1) is 11.5 Å². The van der Waals surface area contributed by atoms with Crippen molar-refractivity contribution in [2.75, 3.05) is 37.6 Å². The standard InChI is InChI=1S/C11H20ClNOS/c1-14-11(8-12)4-2-5-13(9-11)10-3-6-15-7-10/h10H,2-9H2,1H3. The molecule has 2 heterocycles. The first-order chi connectivity index (χ1) is 7.29. The highest BCUT2D eigenvalue weighted by molar-refractivity contribution is 7.99. The van der Waals surface area contributed by atoms with Gasteiger partial charge in [-0.05, 0) is 31.6 Å². The van der Waals surface area contributed by atoms with Gasteiger partial charge in [-0.25, -0.2) is 0 Å². The Morgan fingerprint density at radius 2 is 2.47 bits per heavy atom. The minimum Gasteiger partial charge on any atom is -0.376 e. The van der Waals surface area contributed by atoms with Crippen molar-refractivity contribution >= 4 is 23.4 Å². The molecule has 0 radical (unpaired) electrons. The zero-order valence-corrected chi connectivity index (χ0v) is 10.9. The maximum atomic E-state index is 6.05. The average molecular weight is 250 g/mol. The van der Waals surface area contributed by atoms with E-state index in [1.165, 1.54) is 30.9 Å². The summed E-state index contributed by atoms with van der Waals surface area (Å²) in [5.41, 5.74) is -0.0763. The summed E-state index contributed by atoms with van der Waals surface area (Å²) >= 11 is 8.13. The SMILES string of the molecule is COC1(CCl)CCCN(C2CCSC2)C1. The molecule has 0 aromatic rings. The average Bonchev–Trinajstić information content (AvgIpc) is 2.82. The van der Waals surface area contributed by atoms with Crippen LogP contribution >= 0.6 is 23.4 Å². The van der Waals surface area contributed by atoms with E-state index in [-0.39, 0.29) is 5.60 Å². The van der Waals surface area contributed by atoms with E-state index in [1.54, 1.807) is 7.11 Å². The van der Waals surface area contributed by atoms with Crippen molar-refractivity contribution in [3.8, 4) is 0 Å². The number of hydrogen-bond donors (Lipinski definition) is 0. The number of piperidine rings is 1.